The van der Waals surface area contributed by atoms with Crippen LogP contribution >= 0.6 is 11.6 Å². The Labute approximate surface area is 109 Å². The highest BCUT2D eigenvalue weighted by atomic mass is 35.5. The van der Waals surface area contributed by atoms with Gasteiger partial charge in [0, 0.05) is 18.6 Å². The molecule has 0 radical (unpaired) electrons. The van der Waals surface area contributed by atoms with Gasteiger partial charge in [-0.05, 0) is 18.9 Å². The maximum absolute atomic E-state index is 13.0. The van der Waals surface area contributed by atoms with Crippen molar-refractivity contribution in [2.24, 2.45) is 5.92 Å². The van der Waals surface area contributed by atoms with Crippen LogP contribution in [0.1, 0.15) is 29.6 Å². The first-order valence-corrected chi connectivity index (χ1v) is 6.22. The molecule has 1 aromatic heterocycles. The summed E-state index contributed by atoms with van der Waals surface area (Å²) in [5.74, 6) is -0.985. The molecule has 2 N–H and O–H groups in total. The summed E-state index contributed by atoms with van der Waals surface area (Å²) in [4.78, 5) is 15.5. The quantitative estimate of drug-likeness (QED) is 0.825. The van der Waals surface area contributed by atoms with Gasteiger partial charge in [0.05, 0.1) is 11.8 Å². The number of aliphatic hydroxyl groups excluding tert-OH is 1. The van der Waals surface area contributed by atoms with Crippen LogP contribution in [0.2, 0.25) is 5.15 Å². The standard InChI is InChI=1S/C12H14ClFN2O2/c13-11-9(4-8(14)5-15-11)12(18)16-10-3-1-2-7(10)6-17/h4-5,7,10,17H,1-3,6H2,(H,16,18). The van der Waals surface area contributed by atoms with Crippen LogP contribution in [0.15, 0.2) is 12.3 Å². The van der Waals surface area contributed by atoms with Gasteiger partial charge < -0.3 is 10.4 Å². The minimum atomic E-state index is -0.602. The molecule has 0 saturated heterocycles. The third-order valence-corrected chi connectivity index (χ3v) is 3.56. The molecule has 1 saturated carbocycles. The van der Waals surface area contributed by atoms with Gasteiger partial charge in [-0.2, -0.15) is 0 Å². The number of hydrogen-bond acceptors (Lipinski definition) is 3. The molecule has 1 heterocycles. The topological polar surface area (TPSA) is 62.2 Å². The third kappa shape index (κ3) is 2.79. The number of halogens is 2. The zero-order valence-electron chi connectivity index (χ0n) is 9.70. The molecule has 4 nitrogen and oxygen atoms in total. The summed E-state index contributed by atoms with van der Waals surface area (Å²) in [6, 6.07) is 0.981. The van der Waals surface area contributed by atoms with Crippen LogP contribution in [0.3, 0.4) is 0 Å². The zero-order chi connectivity index (χ0) is 13.1. The molecule has 1 fully saturated rings. The van der Waals surface area contributed by atoms with Crippen LogP contribution in [-0.2, 0) is 0 Å². The highest BCUT2D eigenvalue weighted by Crippen LogP contribution is 2.25. The number of rotatable bonds is 3. The van der Waals surface area contributed by atoms with Gasteiger partial charge in [-0.15, -0.1) is 0 Å². The molecule has 1 aromatic rings. The van der Waals surface area contributed by atoms with Gasteiger partial charge in [-0.25, -0.2) is 9.37 Å². The summed E-state index contributed by atoms with van der Waals surface area (Å²) in [6.07, 6.45) is 3.63. The summed E-state index contributed by atoms with van der Waals surface area (Å²) in [5, 5.41) is 11.9. The van der Waals surface area contributed by atoms with Crippen LogP contribution in [0, 0.1) is 11.7 Å². The fourth-order valence-corrected chi connectivity index (χ4v) is 2.46. The summed E-state index contributed by atoms with van der Waals surface area (Å²) >= 11 is 5.76. The van der Waals surface area contributed by atoms with E-state index in [1.54, 1.807) is 0 Å². The molecule has 2 unspecified atom stereocenters. The number of carbonyl (C=O) groups is 1. The van der Waals surface area contributed by atoms with Crippen molar-refractivity contribution in [3.63, 3.8) is 0 Å². The number of aromatic nitrogens is 1. The van der Waals surface area contributed by atoms with Crippen LogP contribution in [0.4, 0.5) is 4.39 Å². The Bertz CT molecular complexity index is 456. The Morgan fingerprint density at radius 2 is 2.39 bits per heavy atom. The molecule has 0 aliphatic heterocycles. The van der Waals surface area contributed by atoms with Gasteiger partial charge in [-0.3, -0.25) is 4.79 Å². The highest BCUT2D eigenvalue weighted by Gasteiger charge is 2.28. The Kier molecular flexibility index (Phi) is 4.14. The summed E-state index contributed by atoms with van der Waals surface area (Å²) < 4.78 is 13.0. The number of carbonyl (C=O) groups excluding carboxylic acids is 1. The molecule has 0 aromatic carbocycles. The minimum absolute atomic E-state index is 0.0209. The van der Waals surface area contributed by atoms with Crippen molar-refractivity contribution < 1.29 is 14.3 Å². The van der Waals surface area contributed by atoms with Crippen molar-refractivity contribution >= 4 is 17.5 Å². The van der Waals surface area contributed by atoms with Crippen LogP contribution < -0.4 is 5.32 Å². The fourth-order valence-electron chi connectivity index (χ4n) is 2.27. The zero-order valence-corrected chi connectivity index (χ0v) is 10.5. The molecule has 1 aliphatic carbocycles. The molecule has 0 spiro atoms. The van der Waals surface area contributed by atoms with Crippen molar-refractivity contribution in [2.75, 3.05) is 6.61 Å². The smallest absolute Gasteiger partial charge is 0.254 e. The van der Waals surface area contributed by atoms with E-state index in [2.05, 4.69) is 10.3 Å². The average Bonchev–Trinajstić information content (AvgIpc) is 2.79. The predicted molar refractivity (Wildman–Crippen MR) is 64.9 cm³/mol. The van der Waals surface area contributed by atoms with E-state index in [0.29, 0.717) is 0 Å². The monoisotopic (exact) mass is 272 g/mol. The Balaban J connectivity index is 2.09. The second-order valence-corrected chi connectivity index (χ2v) is 4.80. The van der Waals surface area contributed by atoms with E-state index >= 15 is 0 Å². The Morgan fingerprint density at radius 1 is 1.61 bits per heavy atom. The van der Waals surface area contributed by atoms with Gasteiger partial charge in [0.25, 0.3) is 5.91 Å². The first-order chi connectivity index (χ1) is 8.61. The number of nitrogens with one attached hydrogen (secondary N) is 1. The van der Waals surface area contributed by atoms with Crippen LogP contribution in [0.5, 0.6) is 0 Å². The first-order valence-electron chi connectivity index (χ1n) is 5.84. The molecule has 98 valence electrons. The lowest BCUT2D eigenvalue weighted by Gasteiger charge is -2.19. The maximum atomic E-state index is 13.0. The van der Waals surface area contributed by atoms with E-state index in [9.17, 15) is 9.18 Å². The molecular formula is C12H14ClFN2O2. The number of nitrogens with zero attached hydrogens (tertiary/aromatic N) is 1. The lowest BCUT2D eigenvalue weighted by molar-refractivity contribution is 0.0915. The maximum Gasteiger partial charge on any atom is 0.254 e. The van der Waals surface area contributed by atoms with E-state index in [-0.39, 0.29) is 29.3 Å². The van der Waals surface area contributed by atoms with Gasteiger partial charge in [0.2, 0.25) is 0 Å². The second kappa shape index (κ2) is 5.63. The van der Waals surface area contributed by atoms with Gasteiger partial charge >= 0.3 is 0 Å². The Morgan fingerprint density at radius 3 is 3.11 bits per heavy atom. The van der Waals surface area contributed by atoms with E-state index in [4.69, 9.17) is 16.7 Å². The number of pyridine rings is 1. The molecule has 0 bridgehead atoms. The molecule has 2 atom stereocenters. The van der Waals surface area contributed by atoms with Crippen molar-refractivity contribution in [1.29, 1.82) is 0 Å². The summed E-state index contributed by atoms with van der Waals surface area (Å²) in [6.45, 7) is 0.0417. The largest absolute Gasteiger partial charge is 0.396 e. The first kappa shape index (κ1) is 13.2. The van der Waals surface area contributed by atoms with E-state index in [0.717, 1.165) is 31.5 Å². The third-order valence-electron chi connectivity index (χ3n) is 3.26. The molecule has 18 heavy (non-hydrogen) atoms. The van der Waals surface area contributed by atoms with Crippen molar-refractivity contribution in [1.82, 2.24) is 10.3 Å². The van der Waals surface area contributed by atoms with Crippen molar-refractivity contribution in [2.45, 2.75) is 25.3 Å². The van der Waals surface area contributed by atoms with E-state index < -0.39 is 11.7 Å². The highest BCUT2D eigenvalue weighted by molar-refractivity contribution is 6.32. The second-order valence-electron chi connectivity index (χ2n) is 4.45. The Hall–Kier alpha value is -1.20. The molecule has 2 rings (SSSR count). The fraction of sp³-hybridized carbons (Fsp3) is 0.500. The number of amides is 1. The summed E-state index contributed by atoms with van der Waals surface area (Å²) in [5.41, 5.74) is 0.0280. The summed E-state index contributed by atoms with van der Waals surface area (Å²) in [7, 11) is 0. The molecule has 1 amide bonds. The van der Waals surface area contributed by atoms with E-state index in [1.165, 1.54) is 0 Å². The molecular weight excluding hydrogens is 259 g/mol. The lowest BCUT2D eigenvalue weighted by Crippen LogP contribution is -2.38. The van der Waals surface area contributed by atoms with Gasteiger partial charge in [0.15, 0.2) is 0 Å². The lowest BCUT2D eigenvalue weighted by atomic mass is 10.0. The molecule has 6 heteroatoms. The van der Waals surface area contributed by atoms with Crippen molar-refractivity contribution in [3.8, 4) is 0 Å². The number of hydrogen-bond donors (Lipinski definition) is 2. The minimum Gasteiger partial charge on any atom is -0.396 e. The van der Waals surface area contributed by atoms with E-state index in [1.807, 2.05) is 0 Å². The van der Waals surface area contributed by atoms with Gasteiger partial charge in [-0.1, -0.05) is 18.0 Å². The SMILES string of the molecule is O=C(NC1CCCC1CO)c1cc(F)cnc1Cl. The predicted octanol–water partition coefficient (Wildman–Crippen LogP) is 1.76. The molecule has 1 aliphatic rings. The number of aliphatic hydroxyl groups is 1. The van der Waals surface area contributed by atoms with Crippen LogP contribution in [0.25, 0.3) is 0 Å². The normalized spacial score (nSPS) is 23.1. The average molecular weight is 273 g/mol. The van der Waals surface area contributed by atoms with Crippen molar-refractivity contribution in [3.05, 3.63) is 28.8 Å². The van der Waals surface area contributed by atoms with Gasteiger partial charge in [0.1, 0.15) is 11.0 Å². The van der Waals surface area contributed by atoms with Crippen LogP contribution in [-0.4, -0.2) is 28.6 Å².